The molecule has 4 saturated carbocycles. The standard InChI is InChI=1S/C33H42N2O3/c36-22-24-8-7-15-35(21-24)31(38)33-19-25-16-26(20-33)18-32(17-25,23-33)30(37)34-14-13-29(27-9-3-1-4-10-27)28-11-5-2-6-12-28/h1-6,9-12,24-26,29,36H,7-8,13-23H2,(H,34,37). The van der Waals surface area contributed by atoms with E-state index in [-0.39, 0.29) is 35.7 Å². The number of nitrogens with zero attached hydrogens (tertiary/aromatic N) is 1. The average molecular weight is 515 g/mol. The van der Waals surface area contributed by atoms with Crippen molar-refractivity contribution in [2.45, 2.75) is 63.7 Å². The normalized spacial score (nSPS) is 31.9. The van der Waals surface area contributed by atoms with Gasteiger partial charge in [-0.15, -0.1) is 0 Å². The molecule has 3 unspecified atom stereocenters. The fraction of sp³-hybridized carbons (Fsp3) is 0.576. The molecule has 2 amide bonds. The summed E-state index contributed by atoms with van der Waals surface area (Å²) in [6.07, 6.45) is 8.46. The van der Waals surface area contributed by atoms with Crippen LogP contribution in [0.25, 0.3) is 0 Å². The average Bonchev–Trinajstić information content (AvgIpc) is 2.95. The number of nitrogens with one attached hydrogen (secondary N) is 1. The first-order valence-electron chi connectivity index (χ1n) is 14.8. The second kappa shape index (κ2) is 10.5. The third-order valence-electron chi connectivity index (χ3n) is 10.2. The summed E-state index contributed by atoms with van der Waals surface area (Å²) in [4.78, 5) is 30.0. The van der Waals surface area contributed by atoms with Crippen LogP contribution in [-0.4, -0.2) is 48.1 Å². The number of carbonyl (C=O) groups is 2. The van der Waals surface area contributed by atoms with Crippen LogP contribution in [0.5, 0.6) is 0 Å². The largest absolute Gasteiger partial charge is 0.396 e. The van der Waals surface area contributed by atoms with E-state index in [1.165, 1.54) is 17.5 Å². The highest BCUT2D eigenvalue weighted by Gasteiger charge is 2.63. The Morgan fingerprint density at radius 1 is 0.921 bits per heavy atom. The lowest BCUT2D eigenvalue weighted by molar-refractivity contribution is -0.175. The highest BCUT2D eigenvalue weighted by molar-refractivity contribution is 5.88. The highest BCUT2D eigenvalue weighted by atomic mass is 16.3. The van der Waals surface area contributed by atoms with Gasteiger partial charge in [0.1, 0.15) is 0 Å². The maximum absolute atomic E-state index is 14.0. The molecule has 0 aromatic heterocycles. The minimum Gasteiger partial charge on any atom is -0.396 e. The summed E-state index contributed by atoms with van der Waals surface area (Å²) in [5.74, 6) is 1.84. The molecule has 4 aliphatic carbocycles. The lowest BCUT2D eigenvalue weighted by Gasteiger charge is -2.61. The molecule has 4 bridgehead atoms. The fourth-order valence-electron chi connectivity index (χ4n) is 8.93. The van der Waals surface area contributed by atoms with Crippen molar-refractivity contribution in [1.29, 1.82) is 0 Å². The zero-order valence-corrected chi connectivity index (χ0v) is 22.5. The van der Waals surface area contributed by atoms with Crippen molar-refractivity contribution in [1.82, 2.24) is 10.2 Å². The van der Waals surface area contributed by atoms with Gasteiger partial charge in [0.2, 0.25) is 11.8 Å². The molecule has 0 radical (unpaired) electrons. The summed E-state index contributed by atoms with van der Waals surface area (Å²) in [7, 11) is 0. The van der Waals surface area contributed by atoms with Gasteiger partial charge in [-0.1, -0.05) is 60.7 Å². The van der Waals surface area contributed by atoms with Crippen molar-refractivity contribution >= 4 is 11.8 Å². The molecule has 1 aliphatic heterocycles. The summed E-state index contributed by atoms with van der Waals surface area (Å²) in [5, 5.41) is 13.1. The zero-order chi connectivity index (χ0) is 26.2. The van der Waals surface area contributed by atoms with Gasteiger partial charge in [0, 0.05) is 32.2 Å². The number of likely N-dealkylation sites (tertiary alicyclic amines) is 1. The molecule has 0 spiro atoms. The van der Waals surface area contributed by atoms with Gasteiger partial charge in [-0.05, 0) is 86.7 Å². The van der Waals surface area contributed by atoms with Crippen LogP contribution in [0.2, 0.25) is 0 Å². The van der Waals surface area contributed by atoms with Crippen LogP contribution in [-0.2, 0) is 9.59 Å². The van der Waals surface area contributed by atoms with E-state index in [0.717, 1.165) is 51.5 Å². The van der Waals surface area contributed by atoms with Crippen molar-refractivity contribution < 1.29 is 14.7 Å². The molecule has 38 heavy (non-hydrogen) atoms. The molecule has 5 nitrogen and oxygen atoms in total. The molecular weight excluding hydrogens is 472 g/mol. The van der Waals surface area contributed by atoms with Crippen molar-refractivity contribution in [3.63, 3.8) is 0 Å². The molecular formula is C33H42N2O3. The number of carbonyl (C=O) groups excluding carboxylic acids is 2. The monoisotopic (exact) mass is 514 g/mol. The van der Waals surface area contributed by atoms with Gasteiger partial charge in [-0.2, -0.15) is 0 Å². The number of hydrogen-bond donors (Lipinski definition) is 2. The van der Waals surface area contributed by atoms with Crippen molar-refractivity contribution in [2.24, 2.45) is 28.6 Å². The van der Waals surface area contributed by atoms with Gasteiger partial charge in [0.15, 0.2) is 0 Å². The maximum Gasteiger partial charge on any atom is 0.228 e. The van der Waals surface area contributed by atoms with Crippen LogP contribution in [0.4, 0.5) is 0 Å². The Morgan fingerprint density at radius 3 is 2.13 bits per heavy atom. The molecule has 5 aliphatic rings. The number of benzene rings is 2. The number of aliphatic hydroxyl groups is 1. The first kappa shape index (κ1) is 25.6. The summed E-state index contributed by atoms with van der Waals surface area (Å²) in [6, 6.07) is 21.1. The van der Waals surface area contributed by atoms with Gasteiger partial charge < -0.3 is 15.3 Å². The molecule has 3 atom stereocenters. The summed E-state index contributed by atoms with van der Waals surface area (Å²) >= 11 is 0. The first-order valence-corrected chi connectivity index (χ1v) is 14.8. The van der Waals surface area contributed by atoms with E-state index in [2.05, 4.69) is 53.8 Å². The van der Waals surface area contributed by atoms with Gasteiger partial charge in [0.25, 0.3) is 0 Å². The van der Waals surface area contributed by atoms with E-state index in [1.54, 1.807) is 0 Å². The van der Waals surface area contributed by atoms with E-state index >= 15 is 0 Å². The predicted octanol–water partition coefficient (Wildman–Crippen LogP) is 5.14. The van der Waals surface area contributed by atoms with E-state index in [9.17, 15) is 14.7 Å². The minimum absolute atomic E-state index is 0.154. The van der Waals surface area contributed by atoms with Gasteiger partial charge in [-0.3, -0.25) is 9.59 Å². The molecule has 202 valence electrons. The Morgan fingerprint density at radius 2 is 1.53 bits per heavy atom. The quantitative estimate of drug-likeness (QED) is 0.512. The van der Waals surface area contributed by atoms with E-state index in [0.29, 0.717) is 31.3 Å². The zero-order valence-electron chi connectivity index (χ0n) is 22.5. The van der Waals surface area contributed by atoms with Crippen molar-refractivity contribution in [3.05, 3.63) is 71.8 Å². The van der Waals surface area contributed by atoms with Crippen LogP contribution >= 0.6 is 0 Å². The minimum atomic E-state index is -0.402. The summed E-state index contributed by atoms with van der Waals surface area (Å²) in [6.45, 7) is 2.26. The fourth-order valence-corrected chi connectivity index (χ4v) is 8.93. The van der Waals surface area contributed by atoms with E-state index in [1.807, 2.05) is 17.0 Å². The summed E-state index contributed by atoms with van der Waals surface area (Å²) < 4.78 is 0. The predicted molar refractivity (Wildman–Crippen MR) is 148 cm³/mol. The summed E-state index contributed by atoms with van der Waals surface area (Å²) in [5.41, 5.74) is 1.76. The van der Waals surface area contributed by atoms with Gasteiger partial charge in [-0.25, -0.2) is 0 Å². The molecule has 5 heteroatoms. The van der Waals surface area contributed by atoms with Crippen LogP contribution in [0.15, 0.2) is 60.7 Å². The topological polar surface area (TPSA) is 69.6 Å². The number of piperidine rings is 1. The number of amides is 2. The Labute approximate surface area is 227 Å². The van der Waals surface area contributed by atoms with Gasteiger partial charge in [0.05, 0.1) is 10.8 Å². The number of rotatable bonds is 8. The van der Waals surface area contributed by atoms with E-state index in [4.69, 9.17) is 0 Å². The third kappa shape index (κ3) is 4.79. The van der Waals surface area contributed by atoms with Crippen LogP contribution < -0.4 is 5.32 Å². The van der Waals surface area contributed by atoms with E-state index < -0.39 is 5.41 Å². The Balaban J connectivity index is 1.16. The van der Waals surface area contributed by atoms with Gasteiger partial charge >= 0.3 is 0 Å². The third-order valence-corrected chi connectivity index (χ3v) is 10.2. The number of aliphatic hydroxyl groups excluding tert-OH is 1. The number of hydrogen-bond acceptors (Lipinski definition) is 3. The molecule has 7 rings (SSSR count). The lowest BCUT2D eigenvalue weighted by atomic mass is 9.43. The molecule has 2 N–H and O–H groups in total. The SMILES string of the molecule is O=C(NCCC(c1ccccc1)c1ccccc1)C12CC3CC(C1)CC(C(=O)N1CCCC(CO)C1)(C3)C2. The van der Waals surface area contributed by atoms with Crippen LogP contribution in [0.1, 0.15) is 74.8 Å². The maximum atomic E-state index is 14.0. The van der Waals surface area contributed by atoms with Crippen molar-refractivity contribution in [3.8, 4) is 0 Å². The smallest absolute Gasteiger partial charge is 0.228 e. The lowest BCUT2D eigenvalue weighted by Crippen LogP contribution is -2.62. The molecule has 5 fully saturated rings. The second-order valence-electron chi connectivity index (χ2n) is 12.9. The Hall–Kier alpha value is -2.66. The molecule has 1 heterocycles. The Kier molecular flexibility index (Phi) is 7.07. The molecule has 2 aromatic carbocycles. The van der Waals surface area contributed by atoms with Crippen LogP contribution in [0, 0.1) is 28.6 Å². The Bertz CT molecular complexity index is 1080. The van der Waals surface area contributed by atoms with Crippen LogP contribution in [0.3, 0.4) is 0 Å². The first-order chi connectivity index (χ1) is 18.5. The molecule has 1 saturated heterocycles. The highest BCUT2D eigenvalue weighted by Crippen LogP contribution is 2.66. The van der Waals surface area contributed by atoms with Crippen molar-refractivity contribution in [2.75, 3.05) is 26.2 Å². The second-order valence-corrected chi connectivity index (χ2v) is 12.9. The molecule has 2 aromatic rings.